The topological polar surface area (TPSA) is 83.1 Å². The number of aliphatic hydroxyl groups is 3. The van der Waals surface area contributed by atoms with Crippen LogP contribution in [0.2, 0.25) is 0 Å². The zero-order valence-electron chi connectivity index (χ0n) is 12.0. The largest absolute Gasteiger partial charge is 0.477 e. The van der Waals surface area contributed by atoms with Gasteiger partial charge in [0.05, 0.1) is 6.10 Å². The Hall–Kier alpha value is -1.47. The minimum atomic E-state index is -1.19. The molecular formula is C16H18O5S. The number of furan rings is 1. The fourth-order valence-electron chi connectivity index (χ4n) is 2.33. The van der Waals surface area contributed by atoms with Gasteiger partial charge >= 0.3 is 0 Å². The number of ether oxygens (including phenoxy) is 1. The van der Waals surface area contributed by atoms with E-state index in [0.29, 0.717) is 11.5 Å². The Balaban J connectivity index is 1.76. The molecule has 4 atom stereocenters. The number of hydrogen-bond acceptors (Lipinski definition) is 6. The summed E-state index contributed by atoms with van der Waals surface area (Å²) in [6.45, 7) is 1.88. The van der Waals surface area contributed by atoms with E-state index in [-0.39, 0.29) is 0 Å². The van der Waals surface area contributed by atoms with Crippen molar-refractivity contribution in [3.8, 4) is 17.1 Å². The molecule has 0 saturated carbocycles. The number of hydrogen-bond donors (Lipinski definition) is 3. The Kier molecular flexibility index (Phi) is 4.44. The molecule has 3 rings (SSSR count). The average molecular weight is 322 g/mol. The molecule has 1 aromatic carbocycles. The van der Waals surface area contributed by atoms with Crippen LogP contribution in [0.3, 0.4) is 0 Å². The van der Waals surface area contributed by atoms with Gasteiger partial charge < -0.3 is 24.5 Å². The van der Waals surface area contributed by atoms with Gasteiger partial charge in [0, 0.05) is 11.3 Å². The van der Waals surface area contributed by atoms with Crippen LogP contribution in [0.1, 0.15) is 5.76 Å². The van der Waals surface area contributed by atoms with E-state index in [4.69, 9.17) is 9.15 Å². The van der Waals surface area contributed by atoms with Crippen LogP contribution in [0, 0.1) is 6.92 Å². The Morgan fingerprint density at radius 3 is 2.68 bits per heavy atom. The molecule has 1 aliphatic heterocycles. The number of aliphatic hydroxyl groups excluding tert-OH is 3. The summed E-state index contributed by atoms with van der Waals surface area (Å²) in [6, 6.07) is 11.1. The van der Waals surface area contributed by atoms with E-state index in [1.165, 1.54) is 11.8 Å². The van der Waals surface area contributed by atoms with Crippen molar-refractivity contribution in [3.63, 3.8) is 0 Å². The highest BCUT2D eigenvalue weighted by Gasteiger charge is 2.38. The summed E-state index contributed by atoms with van der Waals surface area (Å²) in [6.07, 6.45) is -3.26. The van der Waals surface area contributed by atoms with Gasteiger partial charge in [-0.15, -0.1) is 11.8 Å². The highest BCUT2D eigenvalue weighted by molar-refractivity contribution is 7.99. The second-order valence-electron chi connectivity index (χ2n) is 5.31. The smallest absolute Gasteiger partial charge is 0.173 e. The second kappa shape index (κ2) is 6.34. The van der Waals surface area contributed by atoms with Crippen molar-refractivity contribution < 1.29 is 24.5 Å². The Bertz CT molecular complexity index is 641. The molecule has 0 bridgehead atoms. The molecule has 1 aliphatic rings. The standard InChI is InChI=1S/C16H18O5S/c1-9-5-6-13(20-9)10-3-2-4-11(7-10)21-16-15(19)14(18)12(17)8-22-16/h2-7,12,14-19H,8H2,1H3/t12-,14+,15-,16+/m1/s1. The van der Waals surface area contributed by atoms with Gasteiger partial charge in [-0.05, 0) is 31.2 Å². The lowest BCUT2D eigenvalue weighted by atomic mass is 10.1. The number of benzene rings is 1. The molecule has 2 aromatic rings. The van der Waals surface area contributed by atoms with Gasteiger partial charge in [-0.1, -0.05) is 12.1 Å². The molecule has 0 amide bonds. The third kappa shape index (κ3) is 3.15. The van der Waals surface area contributed by atoms with Crippen LogP contribution in [-0.2, 0) is 0 Å². The van der Waals surface area contributed by atoms with Crippen molar-refractivity contribution in [1.29, 1.82) is 0 Å². The van der Waals surface area contributed by atoms with E-state index in [1.807, 2.05) is 37.3 Å². The molecule has 118 valence electrons. The van der Waals surface area contributed by atoms with Crippen LogP contribution in [0.25, 0.3) is 11.3 Å². The number of thioether (sulfide) groups is 1. The van der Waals surface area contributed by atoms with E-state index in [0.717, 1.165) is 17.1 Å². The van der Waals surface area contributed by atoms with Crippen molar-refractivity contribution in [1.82, 2.24) is 0 Å². The maximum atomic E-state index is 9.98. The van der Waals surface area contributed by atoms with Crippen molar-refractivity contribution in [2.45, 2.75) is 30.7 Å². The van der Waals surface area contributed by atoms with Crippen LogP contribution in [-0.4, -0.2) is 44.8 Å². The molecule has 1 saturated heterocycles. The molecule has 0 unspecified atom stereocenters. The summed E-state index contributed by atoms with van der Waals surface area (Å²) in [5, 5.41) is 29.2. The lowest BCUT2D eigenvalue weighted by Gasteiger charge is -2.34. The first-order valence-corrected chi connectivity index (χ1v) is 8.09. The summed E-state index contributed by atoms with van der Waals surface area (Å²) in [5.41, 5.74) is 0.258. The quantitative estimate of drug-likeness (QED) is 0.799. The summed E-state index contributed by atoms with van der Waals surface area (Å²) >= 11 is 1.28. The van der Waals surface area contributed by atoms with Crippen LogP contribution in [0.5, 0.6) is 5.75 Å². The molecule has 22 heavy (non-hydrogen) atoms. The molecule has 6 heteroatoms. The predicted octanol–water partition coefficient (Wildman–Crippen LogP) is 1.79. The van der Waals surface area contributed by atoms with Crippen LogP contribution in [0.15, 0.2) is 40.8 Å². The highest BCUT2D eigenvalue weighted by Crippen LogP contribution is 2.31. The molecule has 0 aliphatic carbocycles. The van der Waals surface area contributed by atoms with Gasteiger partial charge in [-0.3, -0.25) is 0 Å². The molecule has 0 radical (unpaired) electrons. The van der Waals surface area contributed by atoms with Gasteiger partial charge in [0.15, 0.2) is 5.44 Å². The van der Waals surface area contributed by atoms with E-state index >= 15 is 0 Å². The fourth-order valence-corrected chi connectivity index (χ4v) is 3.45. The lowest BCUT2D eigenvalue weighted by Crippen LogP contribution is -2.50. The molecule has 3 N–H and O–H groups in total. The molecule has 0 spiro atoms. The Morgan fingerprint density at radius 2 is 1.95 bits per heavy atom. The molecule has 5 nitrogen and oxygen atoms in total. The molecule has 2 heterocycles. The number of rotatable bonds is 3. The van der Waals surface area contributed by atoms with Crippen LogP contribution < -0.4 is 4.74 Å². The normalized spacial score (nSPS) is 28.5. The van der Waals surface area contributed by atoms with Gasteiger partial charge in [-0.2, -0.15) is 0 Å². The van der Waals surface area contributed by atoms with Gasteiger partial charge in [0.1, 0.15) is 29.5 Å². The Morgan fingerprint density at radius 1 is 1.14 bits per heavy atom. The monoisotopic (exact) mass is 322 g/mol. The van der Waals surface area contributed by atoms with Crippen molar-refractivity contribution in [3.05, 3.63) is 42.2 Å². The maximum absolute atomic E-state index is 9.98. The second-order valence-corrected chi connectivity index (χ2v) is 6.44. The van der Waals surface area contributed by atoms with Crippen LogP contribution in [0.4, 0.5) is 0 Å². The fraction of sp³-hybridized carbons (Fsp3) is 0.375. The zero-order valence-corrected chi connectivity index (χ0v) is 12.9. The lowest BCUT2D eigenvalue weighted by molar-refractivity contribution is -0.0786. The summed E-state index contributed by atoms with van der Waals surface area (Å²) in [5.74, 6) is 2.47. The van der Waals surface area contributed by atoms with E-state index < -0.39 is 23.7 Å². The van der Waals surface area contributed by atoms with E-state index in [9.17, 15) is 15.3 Å². The minimum absolute atomic E-state index is 0.319. The van der Waals surface area contributed by atoms with Crippen molar-refractivity contribution >= 4 is 11.8 Å². The molecule has 1 aromatic heterocycles. The Labute approximate surface area is 132 Å². The van der Waals surface area contributed by atoms with E-state index in [2.05, 4.69) is 0 Å². The minimum Gasteiger partial charge on any atom is -0.477 e. The first-order chi connectivity index (χ1) is 10.5. The zero-order chi connectivity index (χ0) is 15.7. The summed E-state index contributed by atoms with van der Waals surface area (Å²) in [7, 11) is 0. The summed E-state index contributed by atoms with van der Waals surface area (Å²) in [4.78, 5) is 0. The predicted molar refractivity (Wildman–Crippen MR) is 83.8 cm³/mol. The van der Waals surface area contributed by atoms with Gasteiger partial charge in [-0.25, -0.2) is 0 Å². The van der Waals surface area contributed by atoms with Gasteiger partial charge in [0.25, 0.3) is 0 Å². The molecule has 1 fully saturated rings. The molecular weight excluding hydrogens is 304 g/mol. The first kappa shape index (κ1) is 15.4. The summed E-state index contributed by atoms with van der Waals surface area (Å²) < 4.78 is 11.3. The average Bonchev–Trinajstić information content (AvgIpc) is 2.95. The van der Waals surface area contributed by atoms with Crippen molar-refractivity contribution in [2.75, 3.05) is 5.75 Å². The highest BCUT2D eigenvalue weighted by atomic mass is 32.2. The maximum Gasteiger partial charge on any atom is 0.173 e. The van der Waals surface area contributed by atoms with Crippen LogP contribution >= 0.6 is 11.8 Å². The number of aryl methyl sites for hydroxylation is 1. The van der Waals surface area contributed by atoms with Gasteiger partial charge in [0.2, 0.25) is 0 Å². The first-order valence-electron chi connectivity index (χ1n) is 7.04. The SMILES string of the molecule is Cc1ccc(-c2cccc(O[C@H]3SC[C@@H](O)[C@H](O)[C@H]3O)c2)o1. The van der Waals surface area contributed by atoms with E-state index in [1.54, 1.807) is 6.07 Å². The third-order valence-corrected chi connectivity index (χ3v) is 4.80. The third-order valence-electron chi connectivity index (χ3n) is 3.57. The van der Waals surface area contributed by atoms with Crippen molar-refractivity contribution in [2.24, 2.45) is 0 Å².